The smallest absolute Gasteiger partial charge is 0.272 e. The Kier molecular flexibility index (Phi) is 11.7. The van der Waals surface area contributed by atoms with Crippen LogP contribution in [0.5, 0.6) is 0 Å². The molecule has 1 aromatic heterocycles. The standard InChI is InChI=1S/C46H36N4O3S2/c1-31-20-24-35(25-21-31)41-30-54-46(49-41)50-45(53)42(36-14-7-3-8-15-36)55-39-19-11-18-38(29-39)47-44(52)40(48-43(51)37-16-9-4-10-17-37)28-32-22-26-34(27-23-32)33-12-5-2-6-13-33/h2-30,42H,1H3,(H,47,52)(H,48,51)(H,49,50,53)/b40-28+. The Bertz CT molecular complexity index is 2430. The molecule has 0 radical (unpaired) electrons. The van der Waals surface area contributed by atoms with Crippen molar-refractivity contribution in [1.82, 2.24) is 10.3 Å². The third kappa shape index (κ3) is 9.71. The van der Waals surface area contributed by atoms with E-state index in [0.717, 1.165) is 44.0 Å². The van der Waals surface area contributed by atoms with Gasteiger partial charge in [-0.3, -0.25) is 14.4 Å². The monoisotopic (exact) mass is 756 g/mol. The summed E-state index contributed by atoms with van der Waals surface area (Å²) in [5, 5.41) is 10.6. The van der Waals surface area contributed by atoms with E-state index >= 15 is 0 Å². The second kappa shape index (κ2) is 17.5. The molecule has 3 N–H and O–H groups in total. The Balaban J connectivity index is 1.10. The molecule has 0 aliphatic heterocycles. The van der Waals surface area contributed by atoms with Gasteiger partial charge in [-0.1, -0.05) is 139 Å². The van der Waals surface area contributed by atoms with Gasteiger partial charge in [-0.05, 0) is 65.6 Å². The molecule has 0 aliphatic rings. The number of carbonyl (C=O) groups is 3. The number of aryl methyl sites for hydroxylation is 1. The number of hydrogen-bond acceptors (Lipinski definition) is 6. The second-order valence-electron chi connectivity index (χ2n) is 12.6. The van der Waals surface area contributed by atoms with Crippen LogP contribution in [-0.2, 0) is 9.59 Å². The highest BCUT2D eigenvalue weighted by atomic mass is 32.2. The number of anilines is 2. The first-order valence-corrected chi connectivity index (χ1v) is 19.3. The van der Waals surface area contributed by atoms with Crippen LogP contribution in [-0.4, -0.2) is 22.7 Å². The number of amides is 3. The van der Waals surface area contributed by atoms with Crippen LogP contribution in [0.15, 0.2) is 180 Å². The van der Waals surface area contributed by atoms with Gasteiger partial charge in [0, 0.05) is 27.1 Å². The topological polar surface area (TPSA) is 100 Å². The van der Waals surface area contributed by atoms with Gasteiger partial charge in [-0.2, -0.15) is 0 Å². The van der Waals surface area contributed by atoms with E-state index in [1.165, 1.54) is 23.1 Å². The number of benzene rings is 6. The highest BCUT2D eigenvalue weighted by Crippen LogP contribution is 2.38. The first-order chi connectivity index (χ1) is 26.9. The number of thioether (sulfide) groups is 1. The summed E-state index contributed by atoms with van der Waals surface area (Å²) < 4.78 is 0. The van der Waals surface area contributed by atoms with Crippen molar-refractivity contribution in [3.05, 3.63) is 197 Å². The summed E-state index contributed by atoms with van der Waals surface area (Å²) in [5.74, 6) is -1.12. The Morgan fingerprint density at radius 3 is 2.02 bits per heavy atom. The average molecular weight is 757 g/mol. The van der Waals surface area contributed by atoms with E-state index < -0.39 is 17.1 Å². The Morgan fingerprint density at radius 1 is 0.673 bits per heavy atom. The van der Waals surface area contributed by atoms with Crippen molar-refractivity contribution >= 4 is 57.7 Å². The maximum Gasteiger partial charge on any atom is 0.272 e. The van der Waals surface area contributed by atoms with Crippen molar-refractivity contribution in [3.63, 3.8) is 0 Å². The SMILES string of the molecule is Cc1ccc(-c2csc(NC(=O)C(Sc3cccc(NC(=O)/C(=C\c4ccc(-c5ccccc5)cc4)NC(=O)c4ccccc4)c3)c3ccccc3)n2)cc1. The van der Waals surface area contributed by atoms with Crippen LogP contribution >= 0.6 is 23.1 Å². The van der Waals surface area contributed by atoms with Crippen molar-refractivity contribution in [2.45, 2.75) is 17.1 Å². The summed E-state index contributed by atoms with van der Waals surface area (Å²) >= 11 is 2.74. The van der Waals surface area contributed by atoms with E-state index in [0.29, 0.717) is 16.4 Å². The lowest BCUT2D eigenvalue weighted by atomic mass is 10.0. The lowest BCUT2D eigenvalue weighted by molar-refractivity contribution is -0.116. The van der Waals surface area contributed by atoms with Gasteiger partial charge >= 0.3 is 0 Å². The number of carbonyl (C=O) groups excluding carboxylic acids is 3. The van der Waals surface area contributed by atoms with Gasteiger partial charge in [-0.15, -0.1) is 23.1 Å². The van der Waals surface area contributed by atoms with Crippen LogP contribution in [0.4, 0.5) is 10.8 Å². The van der Waals surface area contributed by atoms with Gasteiger partial charge in [0.25, 0.3) is 11.8 Å². The van der Waals surface area contributed by atoms with E-state index in [2.05, 4.69) is 20.9 Å². The molecule has 0 fully saturated rings. The third-order valence-electron chi connectivity index (χ3n) is 8.63. The van der Waals surface area contributed by atoms with E-state index in [4.69, 9.17) is 0 Å². The summed E-state index contributed by atoms with van der Waals surface area (Å²) in [6.45, 7) is 2.04. The molecule has 0 spiro atoms. The molecule has 55 heavy (non-hydrogen) atoms. The van der Waals surface area contributed by atoms with Crippen molar-refractivity contribution < 1.29 is 14.4 Å². The molecule has 1 atom stereocenters. The van der Waals surface area contributed by atoms with Crippen LogP contribution in [0.3, 0.4) is 0 Å². The maximum atomic E-state index is 13.9. The molecule has 9 heteroatoms. The van der Waals surface area contributed by atoms with E-state index in [1.807, 2.05) is 146 Å². The first kappa shape index (κ1) is 36.8. The number of nitrogens with one attached hydrogen (secondary N) is 3. The molecule has 0 saturated heterocycles. The fraction of sp³-hybridized carbons (Fsp3) is 0.0435. The molecule has 7 nitrogen and oxygen atoms in total. The van der Waals surface area contributed by atoms with E-state index in [1.54, 1.807) is 36.4 Å². The van der Waals surface area contributed by atoms with E-state index in [9.17, 15) is 14.4 Å². The lowest BCUT2D eigenvalue weighted by Gasteiger charge is -2.17. The van der Waals surface area contributed by atoms with Crippen LogP contribution in [0, 0.1) is 6.92 Å². The quantitative estimate of drug-likeness (QED) is 0.0851. The second-order valence-corrected chi connectivity index (χ2v) is 14.7. The summed E-state index contributed by atoms with van der Waals surface area (Å²) in [7, 11) is 0. The van der Waals surface area contributed by atoms with Crippen molar-refractivity contribution in [1.29, 1.82) is 0 Å². The normalized spacial score (nSPS) is 11.7. The predicted octanol–water partition coefficient (Wildman–Crippen LogP) is 10.7. The van der Waals surface area contributed by atoms with Gasteiger partial charge in [0.05, 0.1) is 5.69 Å². The minimum absolute atomic E-state index is 0.0781. The van der Waals surface area contributed by atoms with Crippen LogP contribution in [0.1, 0.15) is 32.3 Å². The minimum atomic E-state index is -0.613. The molecule has 0 bridgehead atoms. The van der Waals surface area contributed by atoms with Crippen molar-refractivity contribution in [3.8, 4) is 22.4 Å². The van der Waals surface area contributed by atoms with Crippen LogP contribution in [0.2, 0.25) is 0 Å². The highest BCUT2D eigenvalue weighted by Gasteiger charge is 2.24. The molecule has 3 amide bonds. The molecule has 7 rings (SSSR count). The van der Waals surface area contributed by atoms with Crippen LogP contribution in [0.25, 0.3) is 28.5 Å². The lowest BCUT2D eigenvalue weighted by Crippen LogP contribution is -2.30. The highest BCUT2D eigenvalue weighted by molar-refractivity contribution is 8.00. The van der Waals surface area contributed by atoms with Gasteiger partial charge < -0.3 is 16.0 Å². The molecular weight excluding hydrogens is 721 g/mol. The fourth-order valence-corrected chi connectivity index (χ4v) is 7.56. The molecule has 0 saturated carbocycles. The molecule has 0 aliphatic carbocycles. The minimum Gasteiger partial charge on any atom is -0.321 e. The van der Waals surface area contributed by atoms with E-state index in [-0.39, 0.29) is 11.6 Å². The third-order valence-corrected chi connectivity index (χ3v) is 10.6. The molecule has 1 heterocycles. The van der Waals surface area contributed by atoms with Crippen LogP contribution < -0.4 is 16.0 Å². The number of aromatic nitrogens is 1. The van der Waals surface area contributed by atoms with Crippen molar-refractivity contribution in [2.75, 3.05) is 10.6 Å². The summed E-state index contributed by atoms with van der Waals surface area (Å²) in [4.78, 5) is 46.5. The molecule has 270 valence electrons. The predicted molar refractivity (Wildman–Crippen MR) is 225 cm³/mol. The number of hydrogen-bond donors (Lipinski definition) is 3. The Morgan fingerprint density at radius 2 is 1.31 bits per heavy atom. The molecular formula is C46H36N4O3S2. The fourth-order valence-electron chi connectivity index (χ4n) is 5.75. The summed E-state index contributed by atoms with van der Waals surface area (Å²) in [5.41, 5.74) is 7.62. The molecule has 7 aromatic rings. The zero-order valence-corrected chi connectivity index (χ0v) is 31.4. The van der Waals surface area contributed by atoms with Crippen molar-refractivity contribution in [2.24, 2.45) is 0 Å². The van der Waals surface area contributed by atoms with Gasteiger partial charge in [0.1, 0.15) is 10.9 Å². The number of thiazole rings is 1. The Labute approximate surface area is 328 Å². The van der Waals surface area contributed by atoms with Gasteiger partial charge in [0.15, 0.2) is 5.13 Å². The molecule has 6 aromatic carbocycles. The Hall–Kier alpha value is -6.55. The van der Waals surface area contributed by atoms with Gasteiger partial charge in [-0.25, -0.2) is 4.98 Å². The van der Waals surface area contributed by atoms with Gasteiger partial charge in [0.2, 0.25) is 5.91 Å². The maximum absolute atomic E-state index is 13.9. The number of nitrogens with zero attached hydrogens (tertiary/aromatic N) is 1. The zero-order valence-electron chi connectivity index (χ0n) is 29.8. The summed E-state index contributed by atoms with van der Waals surface area (Å²) in [6, 6.07) is 51.5. The molecule has 1 unspecified atom stereocenters. The zero-order chi connectivity index (χ0) is 38.0. The largest absolute Gasteiger partial charge is 0.321 e. The average Bonchev–Trinajstić information content (AvgIpc) is 3.69. The summed E-state index contributed by atoms with van der Waals surface area (Å²) in [6.07, 6.45) is 1.65. The number of rotatable bonds is 12. The first-order valence-electron chi connectivity index (χ1n) is 17.6.